The van der Waals surface area contributed by atoms with E-state index in [1.165, 1.54) is 0 Å². The Balaban J connectivity index is 2.44. The minimum atomic E-state index is -1.07. The number of pyridine rings is 1. The first-order chi connectivity index (χ1) is 7.61. The van der Waals surface area contributed by atoms with Crippen molar-refractivity contribution in [1.29, 1.82) is 0 Å². The molecule has 4 heteroatoms. The Morgan fingerprint density at radius 2 is 2.25 bits per heavy atom. The number of fused-ring (bicyclic) bond motifs is 1. The lowest BCUT2D eigenvalue weighted by Crippen LogP contribution is -2.17. The summed E-state index contributed by atoms with van der Waals surface area (Å²) in [5.74, 6) is -0.360. The van der Waals surface area contributed by atoms with Gasteiger partial charge in [-0.3, -0.25) is 9.78 Å². The van der Waals surface area contributed by atoms with Crippen LogP contribution in [0.3, 0.4) is 0 Å². The quantitative estimate of drug-likeness (QED) is 0.825. The van der Waals surface area contributed by atoms with Gasteiger partial charge in [0.1, 0.15) is 6.10 Å². The van der Waals surface area contributed by atoms with Crippen molar-refractivity contribution < 1.29 is 9.90 Å². The maximum atomic E-state index is 11.7. The van der Waals surface area contributed by atoms with Crippen LogP contribution in [0.5, 0.6) is 0 Å². The molecule has 0 saturated heterocycles. The summed E-state index contributed by atoms with van der Waals surface area (Å²) in [4.78, 5) is 18.7. The number of ketones is 1. The first-order valence-electron chi connectivity index (χ1n) is 5.24. The van der Waals surface area contributed by atoms with E-state index in [9.17, 15) is 9.90 Å². The number of rotatable bonds is 3. The Morgan fingerprint density at radius 1 is 1.50 bits per heavy atom. The number of Topliss-reactive ketones (excluding diaryl/α,β-unsaturated/α-hetero) is 1. The van der Waals surface area contributed by atoms with Gasteiger partial charge in [0.25, 0.3) is 0 Å². The SMILES string of the molecule is CC(C)C(=O)C(O)c1c[nH]c2ccncc12. The summed E-state index contributed by atoms with van der Waals surface area (Å²) in [6.45, 7) is 3.55. The van der Waals surface area contributed by atoms with Crippen LogP contribution in [0.15, 0.2) is 24.7 Å². The number of nitrogens with one attached hydrogen (secondary N) is 1. The van der Waals surface area contributed by atoms with Crippen molar-refractivity contribution in [3.8, 4) is 0 Å². The highest BCUT2D eigenvalue weighted by Crippen LogP contribution is 2.25. The number of H-pyrrole nitrogens is 1. The van der Waals surface area contributed by atoms with E-state index in [1.54, 1.807) is 32.4 Å². The Hall–Kier alpha value is -1.68. The van der Waals surface area contributed by atoms with Crippen molar-refractivity contribution in [3.63, 3.8) is 0 Å². The van der Waals surface area contributed by atoms with Crippen LogP contribution in [0.1, 0.15) is 25.5 Å². The number of carbonyl (C=O) groups excluding carboxylic acids is 1. The van der Waals surface area contributed by atoms with Gasteiger partial charge in [0.15, 0.2) is 5.78 Å². The molecule has 2 rings (SSSR count). The van der Waals surface area contributed by atoms with Crippen LogP contribution in [-0.2, 0) is 4.79 Å². The molecule has 0 aliphatic heterocycles. The van der Waals surface area contributed by atoms with E-state index in [2.05, 4.69) is 9.97 Å². The summed E-state index contributed by atoms with van der Waals surface area (Å²) in [5, 5.41) is 10.7. The lowest BCUT2D eigenvalue weighted by atomic mass is 9.98. The molecule has 2 heterocycles. The van der Waals surface area contributed by atoms with Crippen LogP contribution in [0, 0.1) is 5.92 Å². The van der Waals surface area contributed by atoms with Gasteiger partial charge in [0.2, 0.25) is 0 Å². The number of carbonyl (C=O) groups is 1. The van der Waals surface area contributed by atoms with Crippen molar-refractivity contribution in [3.05, 3.63) is 30.2 Å². The summed E-state index contributed by atoms with van der Waals surface area (Å²) in [5.41, 5.74) is 1.47. The zero-order valence-corrected chi connectivity index (χ0v) is 9.27. The lowest BCUT2D eigenvalue weighted by Gasteiger charge is -2.10. The van der Waals surface area contributed by atoms with Gasteiger partial charge in [-0.05, 0) is 6.07 Å². The van der Waals surface area contributed by atoms with Crippen LogP contribution in [-0.4, -0.2) is 20.9 Å². The number of aliphatic hydroxyl groups excluding tert-OH is 1. The molecule has 0 aliphatic carbocycles. The highest BCUT2D eigenvalue weighted by atomic mass is 16.3. The number of nitrogens with zero attached hydrogens (tertiary/aromatic N) is 1. The van der Waals surface area contributed by atoms with Crippen LogP contribution >= 0.6 is 0 Å². The molecule has 4 nitrogen and oxygen atoms in total. The van der Waals surface area contributed by atoms with Gasteiger partial charge < -0.3 is 10.1 Å². The second kappa shape index (κ2) is 4.06. The maximum Gasteiger partial charge on any atom is 0.168 e. The van der Waals surface area contributed by atoms with Crippen LogP contribution in [0.2, 0.25) is 0 Å². The van der Waals surface area contributed by atoms with E-state index < -0.39 is 6.10 Å². The van der Waals surface area contributed by atoms with E-state index in [-0.39, 0.29) is 11.7 Å². The number of hydrogen-bond donors (Lipinski definition) is 2. The molecule has 0 fully saturated rings. The molecule has 2 N–H and O–H groups in total. The van der Waals surface area contributed by atoms with Gasteiger partial charge in [-0.25, -0.2) is 0 Å². The van der Waals surface area contributed by atoms with Gasteiger partial charge in [-0.2, -0.15) is 0 Å². The van der Waals surface area contributed by atoms with E-state index in [0.29, 0.717) is 5.56 Å². The summed E-state index contributed by atoms with van der Waals surface area (Å²) in [6.07, 6.45) is 3.91. The number of aliphatic hydroxyl groups is 1. The maximum absolute atomic E-state index is 11.7. The molecule has 0 spiro atoms. The highest BCUT2D eigenvalue weighted by Gasteiger charge is 2.22. The van der Waals surface area contributed by atoms with E-state index in [0.717, 1.165) is 10.9 Å². The summed E-state index contributed by atoms with van der Waals surface area (Å²) >= 11 is 0. The van der Waals surface area contributed by atoms with Crippen molar-refractivity contribution in [2.24, 2.45) is 5.92 Å². The fourth-order valence-corrected chi connectivity index (χ4v) is 1.68. The molecular formula is C12H14N2O2. The topological polar surface area (TPSA) is 66.0 Å². The van der Waals surface area contributed by atoms with Crippen molar-refractivity contribution in [1.82, 2.24) is 9.97 Å². The minimum absolute atomic E-state index is 0.176. The number of aromatic nitrogens is 2. The average Bonchev–Trinajstić information content (AvgIpc) is 2.70. The van der Waals surface area contributed by atoms with Crippen molar-refractivity contribution >= 4 is 16.7 Å². The van der Waals surface area contributed by atoms with Crippen molar-refractivity contribution in [2.45, 2.75) is 20.0 Å². The van der Waals surface area contributed by atoms with Crippen molar-refractivity contribution in [2.75, 3.05) is 0 Å². The highest BCUT2D eigenvalue weighted by molar-refractivity contribution is 5.92. The monoisotopic (exact) mass is 218 g/mol. The fourth-order valence-electron chi connectivity index (χ4n) is 1.68. The number of hydrogen-bond acceptors (Lipinski definition) is 3. The molecule has 0 bridgehead atoms. The predicted octanol–water partition coefficient (Wildman–Crippen LogP) is 1.82. The second-order valence-electron chi connectivity index (χ2n) is 4.12. The first-order valence-corrected chi connectivity index (χ1v) is 5.24. The fraction of sp³-hybridized carbons (Fsp3) is 0.333. The molecule has 0 aliphatic rings. The zero-order chi connectivity index (χ0) is 11.7. The molecule has 2 aromatic heterocycles. The summed E-state index contributed by atoms with van der Waals surface area (Å²) in [7, 11) is 0. The smallest absolute Gasteiger partial charge is 0.168 e. The minimum Gasteiger partial charge on any atom is -0.380 e. The molecule has 0 amide bonds. The molecule has 1 unspecified atom stereocenters. The Labute approximate surface area is 93.3 Å². The molecule has 2 aromatic rings. The molecule has 0 aromatic carbocycles. The third kappa shape index (κ3) is 1.72. The van der Waals surface area contributed by atoms with Crippen LogP contribution < -0.4 is 0 Å². The van der Waals surface area contributed by atoms with Gasteiger partial charge in [0.05, 0.1) is 0 Å². The van der Waals surface area contributed by atoms with Gasteiger partial charge in [0, 0.05) is 41.0 Å². The van der Waals surface area contributed by atoms with Gasteiger partial charge >= 0.3 is 0 Å². The standard InChI is InChI=1S/C12H14N2O2/c1-7(2)11(15)12(16)9-6-14-10-3-4-13-5-8(9)10/h3-7,12,14,16H,1-2H3. The molecule has 1 atom stereocenters. The summed E-state index contributed by atoms with van der Waals surface area (Å²) in [6, 6.07) is 1.81. The third-order valence-electron chi connectivity index (χ3n) is 2.65. The molecule has 16 heavy (non-hydrogen) atoms. The Morgan fingerprint density at radius 3 is 2.94 bits per heavy atom. The van der Waals surface area contributed by atoms with Gasteiger partial charge in [-0.15, -0.1) is 0 Å². The Kier molecular flexibility index (Phi) is 2.75. The summed E-state index contributed by atoms with van der Waals surface area (Å²) < 4.78 is 0. The van der Waals surface area contributed by atoms with Gasteiger partial charge in [-0.1, -0.05) is 13.8 Å². The van der Waals surface area contributed by atoms with E-state index >= 15 is 0 Å². The zero-order valence-electron chi connectivity index (χ0n) is 9.27. The second-order valence-corrected chi connectivity index (χ2v) is 4.12. The molecule has 0 radical (unpaired) electrons. The molecule has 0 saturated carbocycles. The largest absolute Gasteiger partial charge is 0.380 e. The Bertz CT molecular complexity index is 516. The van der Waals surface area contributed by atoms with E-state index in [4.69, 9.17) is 0 Å². The first kappa shape index (κ1) is 10.8. The molecular weight excluding hydrogens is 204 g/mol. The average molecular weight is 218 g/mol. The number of aromatic amines is 1. The molecule has 84 valence electrons. The van der Waals surface area contributed by atoms with Crippen LogP contribution in [0.4, 0.5) is 0 Å². The lowest BCUT2D eigenvalue weighted by molar-refractivity contribution is -0.130. The third-order valence-corrected chi connectivity index (χ3v) is 2.65. The van der Waals surface area contributed by atoms with E-state index in [1.807, 2.05) is 6.07 Å². The predicted molar refractivity (Wildman–Crippen MR) is 60.9 cm³/mol. The van der Waals surface area contributed by atoms with Crippen LogP contribution in [0.25, 0.3) is 10.9 Å². The normalized spacial score (nSPS) is 13.2.